The molecule has 2 heterocycles. The molecule has 0 saturated heterocycles. The van der Waals surface area contributed by atoms with Crippen molar-refractivity contribution >= 4 is 0 Å². The number of likely N-dealkylation sites (N-methyl/N-ethyl adjacent to an activating group) is 1. The molecule has 22 heavy (non-hydrogen) atoms. The minimum absolute atomic E-state index is 0.225. The van der Waals surface area contributed by atoms with Crippen LogP contribution in [-0.2, 0) is 26.1 Å². The molecular weight excluding hydrogens is 274 g/mol. The summed E-state index contributed by atoms with van der Waals surface area (Å²) in [5.41, 5.74) is 3.78. The third kappa shape index (κ3) is 4.20. The number of hydrogen-bond acceptors (Lipinski definition) is 3. The first-order valence-corrected chi connectivity index (χ1v) is 8.81. The van der Waals surface area contributed by atoms with Crippen LogP contribution in [-0.4, -0.2) is 29.6 Å². The SMILES string of the molecule is CCCCCn1c2c(cc(CNCCC)c1=O)CN(C)CC2. The lowest BCUT2D eigenvalue weighted by atomic mass is 10.0. The summed E-state index contributed by atoms with van der Waals surface area (Å²) in [4.78, 5) is 15.2. The lowest BCUT2D eigenvalue weighted by Gasteiger charge is -2.28. The van der Waals surface area contributed by atoms with Crippen LogP contribution in [0.4, 0.5) is 0 Å². The van der Waals surface area contributed by atoms with Gasteiger partial charge in [-0.25, -0.2) is 0 Å². The predicted octanol–water partition coefficient (Wildman–Crippen LogP) is 2.53. The smallest absolute Gasteiger partial charge is 0.255 e. The van der Waals surface area contributed by atoms with Gasteiger partial charge in [-0.2, -0.15) is 0 Å². The van der Waals surface area contributed by atoms with Crippen LogP contribution in [0.3, 0.4) is 0 Å². The Balaban J connectivity index is 2.29. The molecule has 0 unspecified atom stereocenters. The van der Waals surface area contributed by atoms with Crippen molar-refractivity contribution in [1.29, 1.82) is 0 Å². The minimum atomic E-state index is 0.225. The fourth-order valence-corrected chi connectivity index (χ4v) is 3.21. The van der Waals surface area contributed by atoms with Crippen LogP contribution in [0.1, 0.15) is 56.4 Å². The van der Waals surface area contributed by atoms with Crippen LogP contribution >= 0.6 is 0 Å². The van der Waals surface area contributed by atoms with Crippen molar-refractivity contribution in [3.63, 3.8) is 0 Å². The van der Waals surface area contributed by atoms with Crippen LogP contribution < -0.4 is 10.9 Å². The highest BCUT2D eigenvalue weighted by Gasteiger charge is 2.19. The van der Waals surface area contributed by atoms with E-state index in [0.717, 1.165) is 51.0 Å². The quantitative estimate of drug-likeness (QED) is 0.750. The molecule has 124 valence electrons. The van der Waals surface area contributed by atoms with Gasteiger partial charge in [0.2, 0.25) is 0 Å². The van der Waals surface area contributed by atoms with Gasteiger partial charge in [0.1, 0.15) is 0 Å². The molecule has 1 aromatic rings. The summed E-state index contributed by atoms with van der Waals surface area (Å²) in [5, 5.41) is 3.38. The number of hydrogen-bond donors (Lipinski definition) is 1. The van der Waals surface area contributed by atoms with E-state index in [-0.39, 0.29) is 5.56 Å². The molecule has 0 amide bonds. The third-order valence-electron chi connectivity index (χ3n) is 4.46. The van der Waals surface area contributed by atoms with Gasteiger partial charge in [0.15, 0.2) is 0 Å². The van der Waals surface area contributed by atoms with Crippen molar-refractivity contribution in [3.05, 3.63) is 33.2 Å². The molecule has 1 aromatic heterocycles. The van der Waals surface area contributed by atoms with Crippen LogP contribution in [0.15, 0.2) is 10.9 Å². The predicted molar refractivity (Wildman–Crippen MR) is 92.3 cm³/mol. The molecule has 0 bridgehead atoms. The van der Waals surface area contributed by atoms with E-state index in [1.54, 1.807) is 0 Å². The summed E-state index contributed by atoms with van der Waals surface area (Å²) >= 11 is 0. The Labute approximate surface area is 134 Å². The molecule has 4 nitrogen and oxygen atoms in total. The van der Waals surface area contributed by atoms with Gasteiger partial charge in [-0.15, -0.1) is 0 Å². The average Bonchev–Trinajstić information content (AvgIpc) is 2.50. The summed E-state index contributed by atoms with van der Waals surface area (Å²) in [6, 6.07) is 2.15. The number of nitrogens with zero attached hydrogens (tertiary/aromatic N) is 2. The number of fused-ring (bicyclic) bond motifs is 1. The summed E-state index contributed by atoms with van der Waals surface area (Å²) in [6.07, 6.45) is 5.58. The van der Waals surface area contributed by atoms with Crippen LogP contribution in [0.2, 0.25) is 0 Å². The van der Waals surface area contributed by atoms with E-state index in [4.69, 9.17) is 0 Å². The van der Waals surface area contributed by atoms with Gasteiger partial charge in [-0.05, 0) is 38.1 Å². The molecule has 4 heteroatoms. The highest BCUT2D eigenvalue weighted by molar-refractivity contribution is 5.29. The molecule has 0 aliphatic carbocycles. The maximum atomic E-state index is 12.8. The third-order valence-corrected chi connectivity index (χ3v) is 4.46. The van der Waals surface area contributed by atoms with Gasteiger partial charge in [-0.3, -0.25) is 4.79 Å². The minimum Gasteiger partial charge on any atom is -0.312 e. The molecule has 0 aromatic carbocycles. The molecule has 0 atom stereocenters. The molecule has 1 aliphatic rings. The van der Waals surface area contributed by atoms with Gasteiger partial charge >= 0.3 is 0 Å². The van der Waals surface area contributed by atoms with Gasteiger partial charge in [0, 0.05) is 43.9 Å². The second-order valence-corrected chi connectivity index (χ2v) is 6.47. The topological polar surface area (TPSA) is 37.3 Å². The Morgan fingerprint density at radius 2 is 2.05 bits per heavy atom. The first-order chi connectivity index (χ1) is 10.7. The number of rotatable bonds is 8. The van der Waals surface area contributed by atoms with E-state index in [1.807, 2.05) is 0 Å². The summed E-state index contributed by atoms with van der Waals surface area (Å²) < 4.78 is 2.07. The van der Waals surface area contributed by atoms with Gasteiger partial charge in [-0.1, -0.05) is 26.7 Å². The maximum Gasteiger partial charge on any atom is 0.255 e. The molecule has 0 fully saturated rings. The molecule has 2 rings (SSSR count). The Bertz CT molecular complexity index is 536. The Hall–Kier alpha value is -1.13. The summed E-state index contributed by atoms with van der Waals surface area (Å²) in [6.45, 7) is 8.90. The molecule has 0 saturated carbocycles. The lowest BCUT2D eigenvalue weighted by molar-refractivity contribution is 0.303. The average molecular weight is 305 g/mol. The zero-order chi connectivity index (χ0) is 15.9. The van der Waals surface area contributed by atoms with Crippen molar-refractivity contribution in [2.75, 3.05) is 20.1 Å². The van der Waals surface area contributed by atoms with Crippen LogP contribution in [0, 0.1) is 0 Å². The second-order valence-electron chi connectivity index (χ2n) is 6.47. The zero-order valence-corrected chi connectivity index (χ0v) is 14.5. The summed E-state index contributed by atoms with van der Waals surface area (Å²) in [5.74, 6) is 0. The fourth-order valence-electron chi connectivity index (χ4n) is 3.21. The zero-order valence-electron chi connectivity index (χ0n) is 14.5. The summed E-state index contributed by atoms with van der Waals surface area (Å²) in [7, 11) is 2.16. The van der Waals surface area contributed by atoms with Crippen molar-refractivity contribution < 1.29 is 0 Å². The second kappa shape index (κ2) is 8.49. The van der Waals surface area contributed by atoms with E-state index < -0.39 is 0 Å². The van der Waals surface area contributed by atoms with Crippen LogP contribution in [0.25, 0.3) is 0 Å². The lowest BCUT2D eigenvalue weighted by Crippen LogP contribution is -2.36. The Kier molecular flexibility index (Phi) is 6.65. The normalized spacial score (nSPS) is 15.0. The number of aromatic nitrogens is 1. The molecular formula is C18H31N3O. The Morgan fingerprint density at radius 1 is 1.23 bits per heavy atom. The van der Waals surface area contributed by atoms with Gasteiger partial charge < -0.3 is 14.8 Å². The maximum absolute atomic E-state index is 12.8. The Morgan fingerprint density at radius 3 is 2.77 bits per heavy atom. The van der Waals surface area contributed by atoms with E-state index in [9.17, 15) is 4.79 Å². The van der Waals surface area contributed by atoms with Gasteiger partial charge in [0.25, 0.3) is 5.56 Å². The largest absolute Gasteiger partial charge is 0.312 e. The first kappa shape index (κ1) is 17.2. The number of unbranched alkanes of at least 4 members (excludes halogenated alkanes) is 2. The monoisotopic (exact) mass is 305 g/mol. The fraction of sp³-hybridized carbons (Fsp3) is 0.722. The van der Waals surface area contributed by atoms with Crippen molar-refractivity contribution in [3.8, 4) is 0 Å². The molecule has 1 N–H and O–H groups in total. The van der Waals surface area contributed by atoms with Crippen molar-refractivity contribution in [2.24, 2.45) is 0 Å². The van der Waals surface area contributed by atoms with E-state index in [2.05, 4.69) is 41.7 Å². The molecule has 1 aliphatic heterocycles. The van der Waals surface area contributed by atoms with Crippen LogP contribution in [0.5, 0.6) is 0 Å². The molecule has 0 radical (unpaired) electrons. The van der Waals surface area contributed by atoms with Gasteiger partial charge in [0.05, 0.1) is 0 Å². The number of pyridine rings is 1. The highest BCUT2D eigenvalue weighted by Crippen LogP contribution is 2.18. The molecule has 0 spiro atoms. The number of nitrogens with one attached hydrogen (secondary N) is 1. The van der Waals surface area contributed by atoms with E-state index in [0.29, 0.717) is 6.54 Å². The van der Waals surface area contributed by atoms with Crippen molar-refractivity contribution in [1.82, 2.24) is 14.8 Å². The van der Waals surface area contributed by atoms with E-state index >= 15 is 0 Å². The highest BCUT2D eigenvalue weighted by atomic mass is 16.1. The standard InChI is InChI=1S/C18H31N3O/c1-4-6-7-10-21-17-8-11-20(3)14-16(17)12-15(18(21)22)13-19-9-5-2/h12,19H,4-11,13-14H2,1-3H3. The first-order valence-electron chi connectivity index (χ1n) is 8.81. The van der Waals surface area contributed by atoms with E-state index in [1.165, 1.54) is 24.1 Å². The van der Waals surface area contributed by atoms with Crippen molar-refractivity contribution in [2.45, 2.75) is 65.6 Å².